The van der Waals surface area contributed by atoms with E-state index in [1.165, 1.54) is 0 Å². The number of hydrogen-bond donors (Lipinski definition) is 1. The normalized spacial score (nSPS) is 25.7. The Morgan fingerprint density at radius 3 is 2.62 bits per heavy atom. The van der Waals surface area contributed by atoms with Crippen LogP contribution < -0.4 is 5.73 Å². The number of nitrogens with two attached hydrogens (primary N) is 1. The minimum Gasteiger partial charge on any atom is -0.381 e. The number of halogens is 3. The van der Waals surface area contributed by atoms with E-state index in [0.717, 1.165) is 6.42 Å². The van der Waals surface area contributed by atoms with Crippen molar-refractivity contribution in [2.45, 2.75) is 38.1 Å². The molecule has 16 heavy (non-hydrogen) atoms. The lowest BCUT2D eigenvalue weighted by molar-refractivity contribution is -0.229. The highest BCUT2D eigenvalue weighted by atomic mass is 19.4. The fourth-order valence-electron chi connectivity index (χ4n) is 1.63. The summed E-state index contributed by atoms with van der Waals surface area (Å²) >= 11 is 0. The molecule has 1 aliphatic rings. The summed E-state index contributed by atoms with van der Waals surface area (Å²) in [7, 11) is 0. The van der Waals surface area contributed by atoms with Gasteiger partial charge in [-0.25, -0.2) is 0 Å². The standard InChI is InChI=1S/C10H18F3NO2/c1-2-8(14)9(10(11,12)13)16-6-7-3-4-15-5-7/h7-9H,2-6,14H2,1H3. The average molecular weight is 241 g/mol. The molecule has 3 atom stereocenters. The molecule has 6 heteroatoms. The van der Waals surface area contributed by atoms with Crippen LogP contribution in [0.15, 0.2) is 0 Å². The Kier molecular flexibility index (Phi) is 5.01. The van der Waals surface area contributed by atoms with Crippen molar-refractivity contribution < 1.29 is 22.6 Å². The predicted octanol–water partition coefficient (Wildman–Crippen LogP) is 1.71. The molecule has 0 bridgehead atoms. The fraction of sp³-hybridized carbons (Fsp3) is 1.00. The highest BCUT2D eigenvalue weighted by molar-refractivity contribution is 4.79. The van der Waals surface area contributed by atoms with Crippen molar-refractivity contribution in [3.63, 3.8) is 0 Å². The smallest absolute Gasteiger partial charge is 0.381 e. The fourth-order valence-corrected chi connectivity index (χ4v) is 1.63. The van der Waals surface area contributed by atoms with Gasteiger partial charge in [-0.1, -0.05) is 6.92 Å². The molecule has 96 valence electrons. The molecule has 2 N–H and O–H groups in total. The molecule has 0 aliphatic carbocycles. The highest BCUT2D eigenvalue weighted by Gasteiger charge is 2.44. The van der Waals surface area contributed by atoms with E-state index in [-0.39, 0.29) is 18.9 Å². The summed E-state index contributed by atoms with van der Waals surface area (Å²) in [5.74, 6) is 0.0638. The van der Waals surface area contributed by atoms with Crippen molar-refractivity contribution in [3.8, 4) is 0 Å². The van der Waals surface area contributed by atoms with Gasteiger partial charge in [-0.2, -0.15) is 13.2 Å². The zero-order valence-corrected chi connectivity index (χ0v) is 9.30. The largest absolute Gasteiger partial charge is 0.416 e. The molecular formula is C10H18F3NO2. The van der Waals surface area contributed by atoms with Gasteiger partial charge in [0.25, 0.3) is 0 Å². The number of rotatable bonds is 5. The van der Waals surface area contributed by atoms with Crippen LogP contribution in [0.3, 0.4) is 0 Å². The third-order valence-corrected chi connectivity index (χ3v) is 2.72. The SMILES string of the molecule is CCC(N)C(OCC1CCOC1)C(F)(F)F. The average Bonchev–Trinajstić information content (AvgIpc) is 2.68. The van der Waals surface area contributed by atoms with Crippen LogP contribution in [0.5, 0.6) is 0 Å². The Balaban J connectivity index is 2.43. The van der Waals surface area contributed by atoms with Crippen LogP contribution in [0, 0.1) is 5.92 Å². The van der Waals surface area contributed by atoms with E-state index >= 15 is 0 Å². The summed E-state index contributed by atoms with van der Waals surface area (Å²) in [6.45, 7) is 2.76. The Bertz CT molecular complexity index is 205. The third kappa shape index (κ3) is 3.92. The molecule has 3 unspecified atom stereocenters. The Morgan fingerprint density at radius 1 is 1.50 bits per heavy atom. The van der Waals surface area contributed by atoms with Crippen molar-refractivity contribution in [2.75, 3.05) is 19.8 Å². The molecule has 1 saturated heterocycles. The quantitative estimate of drug-likeness (QED) is 0.797. The van der Waals surface area contributed by atoms with Crippen LogP contribution in [-0.2, 0) is 9.47 Å². The summed E-state index contributed by atoms with van der Waals surface area (Å²) in [6.07, 6.45) is -5.26. The molecule has 1 rings (SSSR count). The molecule has 0 spiro atoms. The van der Waals surface area contributed by atoms with Crippen molar-refractivity contribution in [3.05, 3.63) is 0 Å². The lowest BCUT2D eigenvalue weighted by atomic mass is 10.1. The molecule has 0 aromatic heterocycles. The molecular weight excluding hydrogens is 223 g/mol. The van der Waals surface area contributed by atoms with E-state index in [4.69, 9.17) is 15.2 Å². The van der Waals surface area contributed by atoms with Gasteiger partial charge in [0.15, 0.2) is 6.10 Å². The van der Waals surface area contributed by atoms with Gasteiger partial charge in [-0.3, -0.25) is 0 Å². The zero-order valence-electron chi connectivity index (χ0n) is 9.30. The molecule has 0 aromatic carbocycles. The van der Waals surface area contributed by atoms with Crippen LogP contribution >= 0.6 is 0 Å². The molecule has 0 saturated carbocycles. The maximum absolute atomic E-state index is 12.6. The van der Waals surface area contributed by atoms with Crippen molar-refractivity contribution in [1.82, 2.24) is 0 Å². The van der Waals surface area contributed by atoms with E-state index in [2.05, 4.69) is 0 Å². The highest BCUT2D eigenvalue weighted by Crippen LogP contribution is 2.27. The first-order chi connectivity index (χ1) is 7.45. The van der Waals surface area contributed by atoms with E-state index < -0.39 is 18.3 Å². The third-order valence-electron chi connectivity index (χ3n) is 2.72. The van der Waals surface area contributed by atoms with Gasteiger partial charge in [0.1, 0.15) is 0 Å². The van der Waals surface area contributed by atoms with Crippen LogP contribution in [0.2, 0.25) is 0 Å². The van der Waals surface area contributed by atoms with Gasteiger partial charge in [0.05, 0.1) is 13.2 Å². The Labute approximate surface area is 93.1 Å². The topological polar surface area (TPSA) is 44.5 Å². The second kappa shape index (κ2) is 5.84. The summed E-state index contributed by atoms with van der Waals surface area (Å²) < 4.78 is 47.8. The first kappa shape index (κ1) is 13.7. The first-order valence-electron chi connectivity index (χ1n) is 5.46. The van der Waals surface area contributed by atoms with Crippen molar-refractivity contribution >= 4 is 0 Å². The number of alkyl halides is 3. The van der Waals surface area contributed by atoms with E-state index in [1.54, 1.807) is 6.92 Å². The van der Waals surface area contributed by atoms with Gasteiger partial charge in [0.2, 0.25) is 0 Å². The Hall–Kier alpha value is -0.330. The van der Waals surface area contributed by atoms with Crippen LogP contribution in [-0.4, -0.2) is 38.1 Å². The van der Waals surface area contributed by atoms with Gasteiger partial charge in [0, 0.05) is 18.6 Å². The van der Waals surface area contributed by atoms with E-state index in [9.17, 15) is 13.2 Å². The summed E-state index contributed by atoms with van der Waals surface area (Å²) in [5.41, 5.74) is 5.41. The minimum atomic E-state index is -4.39. The molecule has 0 radical (unpaired) electrons. The second-order valence-electron chi connectivity index (χ2n) is 4.10. The summed E-state index contributed by atoms with van der Waals surface area (Å²) in [4.78, 5) is 0. The maximum Gasteiger partial charge on any atom is 0.416 e. The first-order valence-corrected chi connectivity index (χ1v) is 5.46. The lowest BCUT2D eigenvalue weighted by Gasteiger charge is -2.26. The summed E-state index contributed by atoms with van der Waals surface area (Å²) in [6, 6.07) is -0.998. The van der Waals surface area contributed by atoms with Crippen molar-refractivity contribution in [2.24, 2.45) is 11.7 Å². The van der Waals surface area contributed by atoms with Gasteiger partial charge in [-0.15, -0.1) is 0 Å². The monoisotopic (exact) mass is 241 g/mol. The second-order valence-corrected chi connectivity index (χ2v) is 4.10. The molecule has 1 fully saturated rings. The zero-order chi connectivity index (χ0) is 12.2. The molecule has 3 nitrogen and oxygen atoms in total. The van der Waals surface area contributed by atoms with E-state index in [1.807, 2.05) is 0 Å². The van der Waals surface area contributed by atoms with Crippen LogP contribution in [0.25, 0.3) is 0 Å². The van der Waals surface area contributed by atoms with Gasteiger partial charge >= 0.3 is 6.18 Å². The van der Waals surface area contributed by atoms with Crippen molar-refractivity contribution in [1.29, 1.82) is 0 Å². The molecule has 0 amide bonds. The van der Waals surface area contributed by atoms with Crippen LogP contribution in [0.1, 0.15) is 19.8 Å². The lowest BCUT2D eigenvalue weighted by Crippen LogP contribution is -2.47. The van der Waals surface area contributed by atoms with Gasteiger partial charge in [-0.05, 0) is 12.8 Å². The molecule has 1 heterocycles. The van der Waals surface area contributed by atoms with E-state index in [0.29, 0.717) is 13.2 Å². The molecule has 0 aromatic rings. The predicted molar refractivity (Wildman–Crippen MR) is 53.0 cm³/mol. The minimum absolute atomic E-state index is 0.0638. The van der Waals surface area contributed by atoms with Crippen LogP contribution in [0.4, 0.5) is 13.2 Å². The Morgan fingerprint density at radius 2 is 2.19 bits per heavy atom. The maximum atomic E-state index is 12.6. The summed E-state index contributed by atoms with van der Waals surface area (Å²) in [5, 5.41) is 0. The molecule has 1 aliphatic heterocycles. The number of ether oxygens (including phenoxy) is 2. The van der Waals surface area contributed by atoms with Gasteiger partial charge < -0.3 is 15.2 Å². The number of hydrogen-bond acceptors (Lipinski definition) is 3.